The summed E-state index contributed by atoms with van der Waals surface area (Å²) in [6.45, 7) is 0. The Morgan fingerprint density at radius 1 is 1.46 bits per heavy atom. The summed E-state index contributed by atoms with van der Waals surface area (Å²) in [5, 5.41) is 0. The summed E-state index contributed by atoms with van der Waals surface area (Å²) in [5.74, 6) is -0.270. The van der Waals surface area contributed by atoms with Crippen molar-refractivity contribution in [3.8, 4) is 5.75 Å². The van der Waals surface area contributed by atoms with Gasteiger partial charge in [0.1, 0.15) is 5.75 Å². The van der Waals surface area contributed by atoms with Gasteiger partial charge in [0.25, 0.3) is 0 Å². The molecule has 0 aromatic heterocycles. The Morgan fingerprint density at radius 2 is 2.23 bits per heavy atom. The maximum Gasteiger partial charge on any atom is 0.315 e. The molecule has 0 spiro atoms. The minimum Gasteiger partial charge on any atom is -0.426 e. The number of hydrogen-bond donors (Lipinski definition) is 1. The number of esters is 1. The molecule has 1 aliphatic rings. The number of rotatable bonds is 1. The average Bonchev–Trinajstić information content (AvgIpc) is 2.42. The summed E-state index contributed by atoms with van der Waals surface area (Å²) in [4.78, 5) is 21.6. The van der Waals surface area contributed by atoms with Gasteiger partial charge in [0, 0.05) is 11.1 Å². The molecule has 0 fully saturated rings. The third-order valence-corrected chi connectivity index (χ3v) is 1.90. The third-order valence-electron chi connectivity index (χ3n) is 1.90. The zero-order chi connectivity index (χ0) is 9.42. The predicted molar refractivity (Wildman–Crippen MR) is 44.3 cm³/mol. The summed E-state index contributed by atoms with van der Waals surface area (Å²) in [5.41, 5.74) is 6.20. The molecule has 4 nitrogen and oxygen atoms in total. The Morgan fingerprint density at radius 3 is 2.92 bits per heavy atom. The first-order valence-corrected chi connectivity index (χ1v) is 3.80. The predicted octanol–water partition coefficient (Wildman–Crippen LogP) is 0.247. The first kappa shape index (κ1) is 7.79. The second-order valence-electron chi connectivity index (χ2n) is 2.84. The topological polar surface area (TPSA) is 69.4 Å². The highest BCUT2D eigenvalue weighted by Gasteiger charge is 2.20. The van der Waals surface area contributed by atoms with Gasteiger partial charge in [-0.2, -0.15) is 0 Å². The number of primary amides is 1. The maximum absolute atomic E-state index is 10.8. The fourth-order valence-electron chi connectivity index (χ4n) is 1.28. The Balaban J connectivity index is 2.45. The highest BCUT2D eigenvalue weighted by Crippen LogP contribution is 2.26. The fraction of sp³-hybridized carbons (Fsp3) is 0.111. The zero-order valence-electron chi connectivity index (χ0n) is 6.74. The van der Waals surface area contributed by atoms with Crippen molar-refractivity contribution in [2.45, 2.75) is 6.42 Å². The average molecular weight is 177 g/mol. The van der Waals surface area contributed by atoms with Crippen LogP contribution in [-0.4, -0.2) is 11.9 Å². The van der Waals surface area contributed by atoms with E-state index in [1.807, 2.05) is 0 Å². The van der Waals surface area contributed by atoms with Gasteiger partial charge in [-0.25, -0.2) is 0 Å². The van der Waals surface area contributed by atoms with E-state index < -0.39 is 5.91 Å². The molecule has 1 aliphatic heterocycles. The van der Waals surface area contributed by atoms with Crippen molar-refractivity contribution in [2.24, 2.45) is 5.73 Å². The monoisotopic (exact) mass is 177 g/mol. The molecule has 0 aliphatic carbocycles. The third kappa shape index (κ3) is 1.26. The molecule has 0 saturated carbocycles. The largest absolute Gasteiger partial charge is 0.426 e. The van der Waals surface area contributed by atoms with E-state index in [1.54, 1.807) is 18.2 Å². The van der Waals surface area contributed by atoms with Crippen LogP contribution < -0.4 is 10.5 Å². The van der Waals surface area contributed by atoms with Crippen molar-refractivity contribution in [3.63, 3.8) is 0 Å². The van der Waals surface area contributed by atoms with Gasteiger partial charge in [0.05, 0.1) is 6.42 Å². The molecule has 0 atom stereocenters. The Bertz CT molecular complexity index is 398. The van der Waals surface area contributed by atoms with Gasteiger partial charge in [-0.05, 0) is 18.2 Å². The van der Waals surface area contributed by atoms with Crippen LogP contribution in [0.2, 0.25) is 0 Å². The molecule has 4 heteroatoms. The first-order valence-electron chi connectivity index (χ1n) is 3.80. The van der Waals surface area contributed by atoms with Gasteiger partial charge >= 0.3 is 5.97 Å². The van der Waals surface area contributed by atoms with E-state index in [0.717, 1.165) is 5.56 Å². The molecule has 1 heterocycles. The zero-order valence-corrected chi connectivity index (χ0v) is 6.74. The van der Waals surface area contributed by atoms with Crippen molar-refractivity contribution >= 4 is 11.9 Å². The smallest absolute Gasteiger partial charge is 0.315 e. The maximum atomic E-state index is 10.8. The Hall–Kier alpha value is -1.84. The highest BCUT2D eigenvalue weighted by atomic mass is 16.5. The van der Waals surface area contributed by atoms with Gasteiger partial charge in [0.15, 0.2) is 0 Å². The van der Waals surface area contributed by atoms with Gasteiger partial charge in [-0.15, -0.1) is 0 Å². The van der Waals surface area contributed by atoms with E-state index in [0.29, 0.717) is 11.3 Å². The summed E-state index contributed by atoms with van der Waals surface area (Å²) in [7, 11) is 0. The van der Waals surface area contributed by atoms with Crippen LogP contribution in [0.4, 0.5) is 0 Å². The van der Waals surface area contributed by atoms with Crippen molar-refractivity contribution in [2.75, 3.05) is 0 Å². The highest BCUT2D eigenvalue weighted by molar-refractivity contribution is 5.94. The fourth-order valence-corrected chi connectivity index (χ4v) is 1.28. The van der Waals surface area contributed by atoms with E-state index in [1.165, 1.54) is 0 Å². The molecular formula is C9H7NO3. The molecule has 0 unspecified atom stereocenters. The van der Waals surface area contributed by atoms with Crippen LogP contribution in [-0.2, 0) is 11.2 Å². The lowest BCUT2D eigenvalue weighted by molar-refractivity contribution is -0.131. The molecule has 1 aromatic rings. The molecule has 2 N–H and O–H groups in total. The molecule has 2 rings (SSSR count). The van der Waals surface area contributed by atoms with E-state index in [2.05, 4.69) is 0 Å². The number of hydrogen-bond acceptors (Lipinski definition) is 3. The van der Waals surface area contributed by atoms with Crippen molar-refractivity contribution < 1.29 is 14.3 Å². The molecule has 0 radical (unpaired) electrons. The number of ether oxygens (including phenoxy) is 1. The lowest BCUT2D eigenvalue weighted by atomic mass is 10.1. The molecule has 1 aromatic carbocycles. The summed E-state index contributed by atoms with van der Waals surface area (Å²) in [6.07, 6.45) is 0.219. The number of carbonyl (C=O) groups is 2. The van der Waals surface area contributed by atoms with Gasteiger partial charge in [-0.1, -0.05) is 0 Å². The van der Waals surface area contributed by atoms with Crippen LogP contribution in [0.1, 0.15) is 15.9 Å². The van der Waals surface area contributed by atoms with Crippen LogP contribution in [0, 0.1) is 0 Å². The van der Waals surface area contributed by atoms with E-state index >= 15 is 0 Å². The summed E-state index contributed by atoms with van der Waals surface area (Å²) >= 11 is 0. The van der Waals surface area contributed by atoms with Crippen LogP contribution >= 0.6 is 0 Å². The normalized spacial score (nSPS) is 13.7. The van der Waals surface area contributed by atoms with Crippen molar-refractivity contribution in [3.05, 3.63) is 29.3 Å². The van der Waals surface area contributed by atoms with E-state index in [9.17, 15) is 9.59 Å². The quantitative estimate of drug-likeness (QED) is 0.493. The molecule has 1 amide bonds. The number of nitrogens with two attached hydrogens (primary N) is 1. The lowest BCUT2D eigenvalue weighted by Crippen LogP contribution is -2.10. The van der Waals surface area contributed by atoms with Crippen LogP contribution in [0.3, 0.4) is 0 Å². The summed E-state index contributed by atoms with van der Waals surface area (Å²) in [6, 6.07) is 4.71. The standard InChI is InChI=1S/C9H7NO3/c10-9(12)5-1-2-7-6(3-5)4-8(11)13-7/h1-3H,4H2,(H2,10,12). The molecular weight excluding hydrogens is 170 g/mol. The van der Waals surface area contributed by atoms with Gasteiger partial charge < -0.3 is 10.5 Å². The van der Waals surface area contributed by atoms with Crippen molar-refractivity contribution in [1.82, 2.24) is 0 Å². The van der Waals surface area contributed by atoms with Crippen LogP contribution in [0.25, 0.3) is 0 Å². The molecule has 13 heavy (non-hydrogen) atoms. The molecule has 0 bridgehead atoms. The van der Waals surface area contributed by atoms with Gasteiger partial charge in [-0.3, -0.25) is 9.59 Å². The first-order chi connectivity index (χ1) is 6.16. The second kappa shape index (κ2) is 2.58. The minimum absolute atomic E-state index is 0.219. The lowest BCUT2D eigenvalue weighted by Gasteiger charge is -1.98. The summed E-state index contributed by atoms with van der Waals surface area (Å²) < 4.78 is 4.85. The van der Waals surface area contributed by atoms with Crippen LogP contribution in [0.5, 0.6) is 5.75 Å². The second-order valence-corrected chi connectivity index (χ2v) is 2.84. The number of carbonyl (C=O) groups excluding carboxylic acids is 2. The molecule has 66 valence electrons. The number of fused-ring (bicyclic) bond motifs is 1. The van der Waals surface area contributed by atoms with E-state index in [-0.39, 0.29) is 12.4 Å². The number of amides is 1. The Kier molecular flexibility index (Phi) is 1.55. The SMILES string of the molecule is NC(=O)c1ccc2c(c1)CC(=O)O2. The number of benzene rings is 1. The van der Waals surface area contributed by atoms with Crippen molar-refractivity contribution in [1.29, 1.82) is 0 Å². The van der Waals surface area contributed by atoms with Crippen LogP contribution in [0.15, 0.2) is 18.2 Å². The molecule has 0 saturated heterocycles. The Labute approximate surface area is 74.3 Å². The van der Waals surface area contributed by atoms with Gasteiger partial charge in [0.2, 0.25) is 5.91 Å². The minimum atomic E-state index is -0.498. The van der Waals surface area contributed by atoms with E-state index in [4.69, 9.17) is 10.5 Å².